The number of halogens is 2. The second-order valence-corrected chi connectivity index (χ2v) is 5.53. The molecule has 1 heterocycles. The summed E-state index contributed by atoms with van der Waals surface area (Å²) in [7, 11) is 0. The standard InChI is InChI=1S/C14H14BrClN2O2/c1-2-5-20-13-4-3-10(16)7-11(13)18-14(19)12-6-9(15)8-17-12/h3-4,6-8,17H,2,5H2,1H3,(H,18,19). The van der Waals surface area contributed by atoms with Crippen molar-refractivity contribution in [1.82, 2.24) is 4.98 Å². The number of rotatable bonds is 5. The number of benzene rings is 1. The van der Waals surface area contributed by atoms with E-state index in [2.05, 4.69) is 26.2 Å². The number of anilines is 1. The molecule has 6 heteroatoms. The van der Waals surface area contributed by atoms with Crippen molar-refractivity contribution in [3.8, 4) is 5.75 Å². The molecule has 1 amide bonds. The van der Waals surface area contributed by atoms with Gasteiger partial charge in [-0.2, -0.15) is 0 Å². The van der Waals surface area contributed by atoms with Crippen LogP contribution >= 0.6 is 27.5 Å². The maximum absolute atomic E-state index is 12.1. The van der Waals surface area contributed by atoms with E-state index in [1.807, 2.05) is 6.92 Å². The zero-order valence-corrected chi connectivity index (χ0v) is 13.2. The number of aromatic amines is 1. The Labute approximate surface area is 130 Å². The van der Waals surface area contributed by atoms with Gasteiger partial charge < -0.3 is 15.0 Å². The maximum atomic E-state index is 12.1. The van der Waals surface area contributed by atoms with Crippen molar-refractivity contribution < 1.29 is 9.53 Å². The van der Waals surface area contributed by atoms with Crippen LogP contribution in [0.4, 0.5) is 5.69 Å². The third-order valence-corrected chi connectivity index (χ3v) is 3.24. The molecular weight excluding hydrogens is 344 g/mol. The lowest BCUT2D eigenvalue weighted by Gasteiger charge is -2.12. The second kappa shape index (κ2) is 6.81. The molecule has 2 aromatic rings. The number of aromatic nitrogens is 1. The Morgan fingerprint density at radius 3 is 2.90 bits per heavy atom. The van der Waals surface area contributed by atoms with Gasteiger partial charge in [-0.25, -0.2) is 0 Å². The van der Waals surface area contributed by atoms with Crippen LogP contribution in [0.5, 0.6) is 5.75 Å². The van der Waals surface area contributed by atoms with Gasteiger partial charge in [-0.15, -0.1) is 0 Å². The van der Waals surface area contributed by atoms with E-state index < -0.39 is 0 Å². The molecule has 4 nitrogen and oxygen atoms in total. The van der Waals surface area contributed by atoms with Crippen LogP contribution in [-0.2, 0) is 0 Å². The largest absolute Gasteiger partial charge is 0.491 e. The van der Waals surface area contributed by atoms with Gasteiger partial charge in [0.1, 0.15) is 11.4 Å². The summed E-state index contributed by atoms with van der Waals surface area (Å²) in [5, 5.41) is 3.33. The monoisotopic (exact) mass is 356 g/mol. The Morgan fingerprint density at radius 1 is 1.45 bits per heavy atom. The van der Waals surface area contributed by atoms with Crippen LogP contribution in [0.3, 0.4) is 0 Å². The highest BCUT2D eigenvalue weighted by Crippen LogP contribution is 2.28. The molecule has 2 rings (SSSR count). The molecule has 0 saturated carbocycles. The van der Waals surface area contributed by atoms with Gasteiger partial charge in [0.2, 0.25) is 0 Å². The lowest BCUT2D eigenvalue weighted by molar-refractivity contribution is 0.102. The Morgan fingerprint density at radius 2 is 2.25 bits per heavy atom. The van der Waals surface area contributed by atoms with E-state index in [0.29, 0.717) is 28.8 Å². The van der Waals surface area contributed by atoms with Crippen molar-refractivity contribution in [2.45, 2.75) is 13.3 Å². The molecule has 20 heavy (non-hydrogen) atoms. The number of carbonyl (C=O) groups excluding carboxylic acids is 1. The molecule has 106 valence electrons. The molecule has 2 N–H and O–H groups in total. The van der Waals surface area contributed by atoms with E-state index in [1.54, 1.807) is 30.5 Å². The normalized spacial score (nSPS) is 10.3. The van der Waals surface area contributed by atoms with Crippen LogP contribution in [0, 0.1) is 0 Å². The number of ether oxygens (including phenoxy) is 1. The molecular formula is C14H14BrClN2O2. The number of hydrogen-bond acceptors (Lipinski definition) is 2. The van der Waals surface area contributed by atoms with Gasteiger partial charge in [-0.05, 0) is 46.6 Å². The molecule has 0 aliphatic carbocycles. The number of carbonyl (C=O) groups is 1. The summed E-state index contributed by atoms with van der Waals surface area (Å²) in [6.07, 6.45) is 2.58. The minimum atomic E-state index is -0.251. The molecule has 0 spiro atoms. The highest BCUT2D eigenvalue weighted by Gasteiger charge is 2.12. The smallest absolute Gasteiger partial charge is 0.272 e. The average molecular weight is 358 g/mol. The van der Waals surface area contributed by atoms with Crippen molar-refractivity contribution >= 4 is 39.1 Å². The number of hydrogen-bond donors (Lipinski definition) is 2. The van der Waals surface area contributed by atoms with Crippen LogP contribution in [0.2, 0.25) is 5.02 Å². The third kappa shape index (κ3) is 3.77. The molecule has 1 aromatic carbocycles. The minimum absolute atomic E-state index is 0.251. The maximum Gasteiger partial charge on any atom is 0.272 e. The summed E-state index contributed by atoms with van der Waals surface area (Å²) in [5.74, 6) is 0.356. The molecule has 0 atom stereocenters. The van der Waals surface area contributed by atoms with E-state index in [-0.39, 0.29) is 5.91 Å². The summed E-state index contributed by atoms with van der Waals surface area (Å²) in [4.78, 5) is 15.0. The highest BCUT2D eigenvalue weighted by molar-refractivity contribution is 9.10. The predicted molar refractivity (Wildman–Crippen MR) is 83.7 cm³/mol. The average Bonchev–Trinajstić information content (AvgIpc) is 2.85. The number of amides is 1. The van der Waals surface area contributed by atoms with E-state index in [9.17, 15) is 4.79 Å². The van der Waals surface area contributed by atoms with Crippen LogP contribution in [-0.4, -0.2) is 17.5 Å². The fourth-order valence-corrected chi connectivity index (χ4v) is 2.14. The van der Waals surface area contributed by atoms with Crippen LogP contribution in [0.25, 0.3) is 0 Å². The Kier molecular flexibility index (Phi) is 5.09. The van der Waals surface area contributed by atoms with Crippen molar-refractivity contribution in [2.75, 3.05) is 11.9 Å². The second-order valence-electron chi connectivity index (χ2n) is 4.17. The number of nitrogens with one attached hydrogen (secondary N) is 2. The van der Waals surface area contributed by atoms with E-state index in [1.165, 1.54) is 0 Å². The summed E-state index contributed by atoms with van der Waals surface area (Å²) in [6.45, 7) is 2.60. The van der Waals surface area contributed by atoms with Gasteiger partial charge in [0.25, 0.3) is 5.91 Å². The summed E-state index contributed by atoms with van der Waals surface area (Å²) >= 11 is 9.25. The molecule has 1 aromatic heterocycles. The molecule has 0 bridgehead atoms. The van der Waals surface area contributed by atoms with E-state index >= 15 is 0 Å². The SMILES string of the molecule is CCCOc1ccc(Cl)cc1NC(=O)c1cc(Br)c[nH]1. The molecule has 0 fully saturated rings. The first-order valence-corrected chi connectivity index (χ1v) is 7.35. The summed E-state index contributed by atoms with van der Waals surface area (Å²) < 4.78 is 6.41. The first-order chi connectivity index (χ1) is 9.60. The van der Waals surface area contributed by atoms with Crippen molar-refractivity contribution in [3.05, 3.63) is 45.7 Å². The van der Waals surface area contributed by atoms with Gasteiger partial charge in [-0.1, -0.05) is 18.5 Å². The molecule has 0 saturated heterocycles. The minimum Gasteiger partial charge on any atom is -0.491 e. The Balaban J connectivity index is 2.18. The Hall–Kier alpha value is -1.46. The van der Waals surface area contributed by atoms with Gasteiger partial charge in [0.15, 0.2) is 0 Å². The van der Waals surface area contributed by atoms with Crippen LogP contribution < -0.4 is 10.1 Å². The van der Waals surface area contributed by atoms with Crippen molar-refractivity contribution in [1.29, 1.82) is 0 Å². The zero-order chi connectivity index (χ0) is 14.5. The van der Waals surface area contributed by atoms with Gasteiger partial charge >= 0.3 is 0 Å². The Bertz CT molecular complexity index is 613. The first kappa shape index (κ1) is 14.9. The summed E-state index contributed by atoms with van der Waals surface area (Å²) in [5.41, 5.74) is 1.01. The molecule has 0 radical (unpaired) electrons. The number of H-pyrrole nitrogens is 1. The topological polar surface area (TPSA) is 54.1 Å². The predicted octanol–water partition coefficient (Wildman–Crippen LogP) is 4.47. The van der Waals surface area contributed by atoms with Gasteiger partial charge in [0.05, 0.1) is 12.3 Å². The first-order valence-electron chi connectivity index (χ1n) is 6.17. The van der Waals surface area contributed by atoms with E-state index in [0.717, 1.165) is 10.9 Å². The van der Waals surface area contributed by atoms with E-state index in [4.69, 9.17) is 16.3 Å². The lowest BCUT2D eigenvalue weighted by atomic mass is 10.2. The zero-order valence-electron chi connectivity index (χ0n) is 10.9. The van der Waals surface area contributed by atoms with Gasteiger partial charge in [-0.3, -0.25) is 4.79 Å². The van der Waals surface area contributed by atoms with Crippen LogP contribution in [0.1, 0.15) is 23.8 Å². The molecule has 0 unspecified atom stereocenters. The quantitative estimate of drug-likeness (QED) is 0.829. The van der Waals surface area contributed by atoms with Crippen molar-refractivity contribution in [2.24, 2.45) is 0 Å². The lowest BCUT2D eigenvalue weighted by Crippen LogP contribution is -2.13. The van der Waals surface area contributed by atoms with Gasteiger partial charge in [0, 0.05) is 15.7 Å². The molecule has 0 aliphatic heterocycles. The highest BCUT2D eigenvalue weighted by atomic mass is 79.9. The fourth-order valence-electron chi connectivity index (χ4n) is 1.63. The van der Waals surface area contributed by atoms with Crippen molar-refractivity contribution in [3.63, 3.8) is 0 Å². The van der Waals surface area contributed by atoms with Crippen LogP contribution in [0.15, 0.2) is 34.9 Å². The molecule has 0 aliphatic rings. The summed E-state index contributed by atoms with van der Waals surface area (Å²) in [6, 6.07) is 6.85. The fraction of sp³-hybridized carbons (Fsp3) is 0.214. The third-order valence-electron chi connectivity index (χ3n) is 2.54.